The van der Waals surface area contributed by atoms with E-state index in [9.17, 15) is 0 Å². The highest BCUT2D eigenvalue weighted by atomic mass is 35.5. The molecule has 96 valence electrons. The maximum atomic E-state index is 5.97. The van der Waals surface area contributed by atoms with Gasteiger partial charge in [0.15, 0.2) is 11.5 Å². The molecule has 1 unspecified atom stereocenters. The van der Waals surface area contributed by atoms with Gasteiger partial charge in [0, 0.05) is 13.1 Å². The van der Waals surface area contributed by atoms with Crippen molar-refractivity contribution < 1.29 is 0 Å². The topological polar surface area (TPSA) is 57.7 Å². The van der Waals surface area contributed by atoms with Crippen LogP contribution in [0.1, 0.15) is 26.2 Å². The van der Waals surface area contributed by atoms with E-state index in [4.69, 9.17) is 11.6 Å². The third kappa shape index (κ3) is 2.03. The van der Waals surface area contributed by atoms with E-state index in [1.54, 1.807) is 6.33 Å². The number of halogens is 1. The maximum absolute atomic E-state index is 5.97. The molecule has 0 radical (unpaired) electrons. The lowest BCUT2D eigenvalue weighted by Crippen LogP contribution is -2.36. The van der Waals surface area contributed by atoms with Crippen LogP contribution in [0.5, 0.6) is 0 Å². The largest absolute Gasteiger partial charge is 0.354 e. The third-order valence-electron chi connectivity index (χ3n) is 3.64. The number of aromatic nitrogens is 4. The lowest BCUT2D eigenvalue weighted by atomic mass is 9.96. The molecule has 1 aliphatic heterocycles. The van der Waals surface area contributed by atoms with Gasteiger partial charge in [0.1, 0.15) is 5.52 Å². The zero-order valence-electron chi connectivity index (χ0n) is 10.4. The molecule has 1 saturated heterocycles. The number of aromatic amines is 1. The second-order valence-corrected chi connectivity index (χ2v) is 5.12. The Morgan fingerprint density at radius 1 is 1.50 bits per heavy atom. The summed E-state index contributed by atoms with van der Waals surface area (Å²) in [4.78, 5) is 18.1. The first kappa shape index (κ1) is 11.7. The highest BCUT2D eigenvalue weighted by molar-refractivity contribution is 6.28. The number of imidazole rings is 1. The number of fused-ring (bicyclic) bond motifs is 1. The van der Waals surface area contributed by atoms with E-state index in [1.807, 2.05) is 0 Å². The molecular formula is C12H16ClN5. The van der Waals surface area contributed by atoms with Crippen molar-refractivity contribution in [3.8, 4) is 0 Å². The van der Waals surface area contributed by atoms with Gasteiger partial charge in [-0.15, -0.1) is 0 Å². The predicted molar refractivity (Wildman–Crippen MR) is 71.9 cm³/mol. The second kappa shape index (κ2) is 4.72. The third-order valence-corrected chi connectivity index (χ3v) is 3.80. The van der Waals surface area contributed by atoms with Gasteiger partial charge in [-0.2, -0.15) is 9.97 Å². The monoisotopic (exact) mass is 265 g/mol. The van der Waals surface area contributed by atoms with Crippen LogP contribution in [-0.2, 0) is 0 Å². The standard InChI is InChI=1S/C12H16ClN5/c1-2-8-4-3-5-18(6-8)11-9-10(15-7-14-9)16-12(13)17-11/h7-8H,2-6H2,1H3,(H,14,15,16,17). The summed E-state index contributed by atoms with van der Waals surface area (Å²) in [7, 11) is 0. The van der Waals surface area contributed by atoms with Crippen LogP contribution < -0.4 is 4.90 Å². The van der Waals surface area contributed by atoms with E-state index in [-0.39, 0.29) is 5.28 Å². The molecule has 0 amide bonds. The number of hydrogen-bond acceptors (Lipinski definition) is 4. The average Bonchev–Trinajstić information content (AvgIpc) is 2.85. The molecule has 0 aliphatic carbocycles. The Kier molecular flexibility index (Phi) is 3.07. The lowest BCUT2D eigenvalue weighted by Gasteiger charge is -2.33. The molecule has 1 N–H and O–H groups in total. The van der Waals surface area contributed by atoms with Crippen LogP contribution in [0.25, 0.3) is 11.2 Å². The minimum atomic E-state index is 0.267. The van der Waals surface area contributed by atoms with Crippen molar-refractivity contribution in [2.45, 2.75) is 26.2 Å². The first-order valence-corrected chi connectivity index (χ1v) is 6.77. The Bertz CT molecular complexity index is 552. The van der Waals surface area contributed by atoms with E-state index in [0.29, 0.717) is 5.65 Å². The normalized spacial score (nSPS) is 20.6. The summed E-state index contributed by atoms with van der Waals surface area (Å²) in [5.74, 6) is 1.63. The SMILES string of the molecule is CCC1CCCN(c2nc(Cl)nc3nc[nH]c23)C1. The molecule has 3 heterocycles. The summed E-state index contributed by atoms with van der Waals surface area (Å²) in [5.41, 5.74) is 1.53. The number of nitrogens with zero attached hydrogens (tertiary/aromatic N) is 4. The summed E-state index contributed by atoms with van der Waals surface area (Å²) in [6, 6.07) is 0. The first-order chi connectivity index (χ1) is 8.78. The van der Waals surface area contributed by atoms with Gasteiger partial charge in [-0.25, -0.2) is 4.98 Å². The van der Waals surface area contributed by atoms with Crippen LogP contribution in [0.15, 0.2) is 6.33 Å². The number of H-pyrrole nitrogens is 1. The summed E-state index contributed by atoms with van der Waals surface area (Å²) in [6.45, 7) is 4.31. The molecule has 1 aliphatic rings. The highest BCUT2D eigenvalue weighted by Crippen LogP contribution is 2.28. The molecule has 6 heteroatoms. The summed E-state index contributed by atoms with van der Waals surface area (Å²) in [5, 5.41) is 0.267. The number of nitrogens with one attached hydrogen (secondary N) is 1. The fourth-order valence-electron chi connectivity index (χ4n) is 2.61. The number of hydrogen-bond donors (Lipinski definition) is 1. The number of anilines is 1. The van der Waals surface area contributed by atoms with Gasteiger partial charge in [0.2, 0.25) is 5.28 Å². The summed E-state index contributed by atoms with van der Waals surface area (Å²) < 4.78 is 0. The van der Waals surface area contributed by atoms with Crippen LogP contribution >= 0.6 is 11.6 Å². The summed E-state index contributed by atoms with van der Waals surface area (Å²) in [6.07, 6.45) is 5.36. The zero-order chi connectivity index (χ0) is 12.5. The second-order valence-electron chi connectivity index (χ2n) is 4.78. The van der Waals surface area contributed by atoms with Crippen molar-refractivity contribution in [2.24, 2.45) is 5.92 Å². The molecule has 3 rings (SSSR count). The lowest BCUT2D eigenvalue weighted by molar-refractivity contribution is 0.403. The molecule has 1 atom stereocenters. The Morgan fingerprint density at radius 2 is 2.39 bits per heavy atom. The van der Waals surface area contributed by atoms with Gasteiger partial charge in [-0.3, -0.25) is 0 Å². The zero-order valence-corrected chi connectivity index (χ0v) is 11.1. The maximum Gasteiger partial charge on any atom is 0.226 e. The van der Waals surface area contributed by atoms with Crippen molar-refractivity contribution in [1.29, 1.82) is 0 Å². The minimum Gasteiger partial charge on any atom is -0.354 e. The van der Waals surface area contributed by atoms with Crippen molar-refractivity contribution >= 4 is 28.6 Å². The van der Waals surface area contributed by atoms with Crippen molar-refractivity contribution in [1.82, 2.24) is 19.9 Å². The van der Waals surface area contributed by atoms with Crippen molar-refractivity contribution in [3.63, 3.8) is 0 Å². The van der Waals surface area contributed by atoms with Crippen molar-refractivity contribution in [3.05, 3.63) is 11.6 Å². The molecule has 2 aromatic rings. The van der Waals surface area contributed by atoms with Crippen LogP contribution in [0.3, 0.4) is 0 Å². The number of rotatable bonds is 2. The molecule has 18 heavy (non-hydrogen) atoms. The van der Waals surface area contributed by atoms with E-state index < -0.39 is 0 Å². The Labute approximate surface area is 111 Å². The van der Waals surface area contributed by atoms with E-state index in [0.717, 1.165) is 30.3 Å². The van der Waals surface area contributed by atoms with Gasteiger partial charge >= 0.3 is 0 Å². The molecule has 0 saturated carbocycles. The molecule has 0 bridgehead atoms. The van der Waals surface area contributed by atoms with Crippen LogP contribution in [0.2, 0.25) is 5.28 Å². The molecule has 0 aromatic carbocycles. The number of piperidine rings is 1. The van der Waals surface area contributed by atoms with E-state index >= 15 is 0 Å². The van der Waals surface area contributed by atoms with Gasteiger partial charge in [0.25, 0.3) is 0 Å². The quantitative estimate of drug-likeness (QED) is 0.848. The fraction of sp³-hybridized carbons (Fsp3) is 0.583. The first-order valence-electron chi connectivity index (χ1n) is 6.39. The fourth-order valence-corrected chi connectivity index (χ4v) is 2.77. The minimum absolute atomic E-state index is 0.267. The van der Waals surface area contributed by atoms with E-state index in [2.05, 4.69) is 31.8 Å². The van der Waals surface area contributed by atoms with Gasteiger partial charge < -0.3 is 9.88 Å². The van der Waals surface area contributed by atoms with E-state index in [1.165, 1.54) is 19.3 Å². The van der Waals surface area contributed by atoms with Crippen LogP contribution in [0, 0.1) is 5.92 Å². The Hall–Kier alpha value is -1.36. The molecule has 0 spiro atoms. The highest BCUT2D eigenvalue weighted by Gasteiger charge is 2.22. The average molecular weight is 266 g/mol. The Morgan fingerprint density at radius 3 is 3.22 bits per heavy atom. The van der Waals surface area contributed by atoms with Gasteiger partial charge in [-0.05, 0) is 30.4 Å². The molecule has 2 aromatic heterocycles. The molecule has 5 nitrogen and oxygen atoms in total. The van der Waals surface area contributed by atoms with Gasteiger partial charge in [0.05, 0.1) is 6.33 Å². The molecular weight excluding hydrogens is 250 g/mol. The van der Waals surface area contributed by atoms with Crippen LogP contribution in [-0.4, -0.2) is 33.0 Å². The van der Waals surface area contributed by atoms with Crippen LogP contribution in [0.4, 0.5) is 5.82 Å². The van der Waals surface area contributed by atoms with Crippen molar-refractivity contribution in [2.75, 3.05) is 18.0 Å². The summed E-state index contributed by atoms with van der Waals surface area (Å²) >= 11 is 5.97. The Balaban J connectivity index is 2.00. The smallest absolute Gasteiger partial charge is 0.226 e. The molecule has 1 fully saturated rings. The predicted octanol–water partition coefficient (Wildman–Crippen LogP) is 2.63. The van der Waals surface area contributed by atoms with Gasteiger partial charge in [-0.1, -0.05) is 13.3 Å².